The van der Waals surface area contributed by atoms with E-state index in [0.717, 1.165) is 27.8 Å². The van der Waals surface area contributed by atoms with Crippen molar-refractivity contribution in [2.45, 2.75) is 62.1 Å². The number of hydrogen-bond acceptors (Lipinski definition) is 7. The third-order valence-electron chi connectivity index (χ3n) is 9.50. The molecule has 8 heteroatoms. The lowest BCUT2D eigenvalue weighted by atomic mass is 9.72. The van der Waals surface area contributed by atoms with Gasteiger partial charge in [0, 0.05) is 6.04 Å². The largest absolute Gasteiger partial charge is 0.341 e. The fraction of sp³-hybridized carbons (Fsp3) is 0.268. The van der Waals surface area contributed by atoms with E-state index >= 15 is 0 Å². The van der Waals surface area contributed by atoms with Gasteiger partial charge in [-0.25, -0.2) is 0 Å². The topological polar surface area (TPSA) is 58.2 Å². The van der Waals surface area contributed by atoms with E-state index < -0.39 is 42.0 Å². The zero-order valence-corrected chi connectivity index (χ0v) is 29.9. The lowest BCUT2D eigenvalue weighted by Crippen LogP contribution is -2.53. The molecule has 2 aliphatic heterocycles. The number of ether oxygens (including phenoxy) is 2. The van der Waals surface area contributed by atoms with Gasteiger partial charge in [0.15, 0.2) is 17.0 Å². The summed E-state index contributed by atoms with van der Waals surface area (Å²) in [6.45, 7) is 2.14. The van der Waals surface area contributed by atoms with E-state index in [1.807, 2.05) is 124 Å². The first-order valence-electron chi connectivity index (χ1n) is 16.7. The molecule has 0 aliphatic carbocycles. The van der Waals surface area contributed by atoms with Gasteiger partial charge in [0.1, 0.15) is 18.3 Å². The first-order valence-corrected chi connectivity index (χ1v) is 19.3. The maximum atomic E-state index is 7.56. The van der Waals surface area contributed by atoms with Crippen molar-refractivity contribution in [3.05, 3.63) is 179 Å². The summed E-state index contributed by atoms with van der Waals surface area (Å²) in [5, 5.41) is 3.39. The monoisotopic (exact) mass is 691 g/mol. The molecule has 0 amide bonds. The molecule has 2 heterocycles. The number of likely N-dealkylation sites (N-methyl/N-ethyl adjacent to an activating group) is 1. The lowest BCUT2D eigenvalue weighted by molar-refractivity contribution is -0.177. The minimum absolute atomic E-state index is 0.144. The molecule has 4 atom stereocenters. The summed E-state index contributed by atoms with van der Waals surface area (Å²) < 4.78 is 36.5. The zero-order chi connectivity index (χ0) is 34.1. The molecule has 0 radical (unpaired) electrons. The number of rotatable bonds is 9. The van der Waals surface area contributed by atoms with Gasteiger partial charge in [-0.15, -0.1) is 0 Å². The fourth-order valence-electron chi connectivity index (χ4n) is 7.19. The van der Waals surface area contributed by atoms with Gasteiger partial charge in [-0.05, 0) is 67.4 Å². The molecule has 252 valence electrons. The molecule has 49 heavy (non-hydrogen) atoms. The molecule has 0 aromatic heterocycles. The van der Waals surface area contributed by atoms with Gasteiger partial charge in [-0.1, -0.05) is 152 Å². The quantitative estimate of drug-likeness (QED) is 0.155. The highest BCUT2D eigenvalue weighted by Gasteiger charge is 2.68. The van der Waals surface area contributed by atoms with Gasteiger partial charge in [0.2, 0.25) is 0 Å². The summed E-state index contributed by atoms with van der Waals surface area (Å²) in [5.74, 6) is -1.00. The Balaban J connectivity index is 1.57. The van der Waals surface area contributed by atoms with E-state index in [4.69, 9.17) is 34.9 Å². The first-order chi connectivity index (χ1) is 23.7. The van der Waals surface area contributed by atoms with Crippen LogP contribution in [-0.2, 0) is 46.1 Å². The average molecular weight is 692 g/mol. The molecule has 5 aromatic rings. The number of nitrogens with one attached hydrogen (secondary N) is 1. The third-order valence-corrected chi connectivity index (χ3v) is 11.7. The van der Waals surface area contributed by atoms with E-state index in [2.05, 4.69) is 60.8 Å². The van der Waals surface area contributed by atoms with Crippen molar-refractivity contribution >= 4 is 18.5 Å². The van der Waals surface area contributed by atoms with Crippen LogP contribution < -0.4 is 5.32 Å². The number of fused-ring (bicyclic) bond motifs is 1. The van der Waals surface area contributed by atoms with Crippen LogP contribution in [0.5, 0.6) is 0 Å². The number of hydrogen-bond donors (Lipinski definition) is 1. The summed E-state index contributed by atoms with van der Waals surface area (Å²) in [5.41, 5.74) is 1.77. The van der Waals surface area contributed by atoms with Crippen molar-refractivity contribution < 1.29 is 23.0 Å². The van der Waals surface area contributed by atoms with Crippen molar-refractivity contribution in [1.29, 1.82) is 0 Å². The second-order valence-electron chi connectivity index (χ2n) is 13.1. The molecule has 1 N–H and O–H groups in total. The van der Waals surface area contributed by atoms with E-state index in [1.165, 1.54) is 0 Å². The zero-order valence-electron chi connectivity index (χ0n) is 28.1. The van der Waals surface area contributed by atoms with Crippen molar-refractivity contribution in [3.8, 4) is 0 Å². The Labute approximate surface area is 294 Å². The Hall–Kier alpha value is -3.49. The number of benzene rings is 5. The highest BCUT2D eigenvalue weighted by molar-refractivity contribution is 8.07. The molecular weight excluding hydrogens is 649 g/mol. The Kier molecular flexibility index (Phi) is 9.48. The second kappa shape index (κ2) is 13.7. The Morgan fingerprint density at radius 1 is 0.592 bits per heavy atom. The standard InChI is InChI=1S/C41H42NO5PS/c1-30(42-4)36(31-20-10-5-11-21-31)45-48(49)46-40(32-22-12-6-13-23-32,33-24-14-7-15-25-33)37-38(44-39(2,3)43-37)41(47-48,34-26-16-8-17-27-34)35-28-18-9-19-29-35/h5-30,36-38,42H,1-4H3/t30-,36-,37+,38+/m0/s1. The summed E-state index contributed by atoms with van der Waals surface area (Å²) in [7, 11) is 1.91. The van der Waals surface area contributed by atoms with Crippen LogP contribution in [0.2, 0.25) is 0 Å². The molecule has 7 rings (SSSR count). The van der Waals surface area contributed by atoms with E-state index in [-0.39, 0.29) is 6.04 Å². The summed E-state index contributed by atoms with van der Waals surface area (Å²) in [6.07, 6.45) is -1.99. The van der Waals surface area contributed by atoms with Crippen molar-refractivity contribution in [2.75, 3.05) is 7.05 Å². The third kappa shape index (κ3) is 6.24. The fourth-order valence-corrected chi connectivity index (χ4v) is 10.2. The predicted molar refractivity (Wildman–Crippen MR) is 196 cm³/mol. The van der Waals surface area contributed by atoms with Gasteiger partial charge >= 0.3 is 6.72 Å². The summed E-state index contributed by atoms with van der Waals surface area (Å²) in [6, 6.07) is 50.4. The Morgan fingerprint density at radius 2 is 0.918 bits per heavy atom. The van der Waals surface area contributed by atoms with Crippen LogP contribution in [0.15, 0.2) is 152 Å². The van der Waals surface area contributed by atoms with Crippen LogP contribution in [0.25, 0.3) is 0 Å². The van der Waals surface area contributed by atoms with Crippen LogP contribution in [0, 0.1) is 0 Å². The van der Waals surface area contributed by atoms with Crippen molar-refractivity contribution in [1.82, 2.24) is 5.32 Å². The maximum Gasteiger partial charge on any atom is 0.330 e. The minimum Gasteiger partial charge on any atom is -0.341 e. The molecule has 2 saturated heterocycles. The van der Waals surface area contributed by atoms with Gasteiger partial charge in [-0.2, -0.15) is 0 Å². The van der Waals surface area contributed by atoms with Crippen LogP contribution in [0.4, 0.5) is 0 Å². The molecule has 2 fully saturated rings. The molecule has 0 unspecified atom stereocenters. The highest BCUT2D eigenvalue weighted by Crippen LogP contribution is 2.70. The van der Waals surface area contributed by atoms with Crippen molar-refractivity contribution in [3.63, 3.8) is 0 Å². The maximum absolute atomic E-state index is 7.56. The van der Waals surface area contributed by atoms with E-state index in [1.54, 1.807) is 0 Å². The molecule has 0 saturated carbocycles. The normalized spacial score (nSPS) is 23.1. The van der Waals surface area contributed by atoms with E-state index in [9.17, 15) is 0 Å². The summed E-state index contributed by atoms with van der Waals surface area (Å²) >= 11 is 6.72. The van der Waals surface area contributed by atoms with Gasteiger partial charge in [0.05, 0.1) is 0 Å². The highest BCUT2D eigenvalue weighted by atomic mass is 32.5. The van der Waals surface area contributed by atoms with Crippen LogP contribution in [-0.4, -0.2) is 31.1 Å². The molecule has 2 aliphatic rings. The lowest BCUT2D eigenvalue weighted by Gasteiger charge is -2.41. The molecule has 5 aromatic carbocycles. The van der Waals surface area contributed by atoms with Crippen LogP contribution in [0.3, 0.4) is 0 Å². The van der Waals surface area contributed by atoms with Gasteiger partial charge < -0.3 is 14.8 Å². The van der Waals surface area contributed by atoms with Crippen molar-refractivity contribution in [2.24, 2.45) is 0 Å². The van der Waals surface area contributed by atoms with Gasteiger partial charge in [-0.3, -0.25) is 13.6 Å². The van der Waals surface area contributed by atoms with Gasteiger partial charge in [0.25, 0.3) is 0 Å². The Bertz CT molecular complexity index is 1690. The Morgan fingerprint density at radius 3 is 1.24 bits per heavy atom. The molecule has 0 bridgehead atoms. The van der Waals surface area contributed by atoms with Crippen LogP contribution in [0.1, 0.15) is 54.7 Å². The van der Waals surface area contributed by atoms with E-state index in [0.29, 0.717) is 0 Å². The molecule has 6 nitrogen and oxygen atoms in total. The first kappa shape index (κ1) is 34.0. The smallest absolute Gasteiger partial charge is 0.330 e. The second-order valence-corrected chi connectivity index (χ2v) is 15.9. The average Bonchev–Trinajstić information content (AvgIpc) is 3.45. The minimum atomic E-state index is -3.81. The predicted octanol–water partition coefficient (Wildman–Crippen LogP) is 9.03. The molecular formula is C41H42NO5PS. The summed E-state index contributed by atoms with van der Waals surface area (Å²) in [4.78, 5) is 0. The van der Waals surface area contributed by atoms with Crippen LogP contribution >= 0.6 is 6.72 Å². The molecule has 0 spiro atoms. The SMILES string of the molecule is CN[C@@H](C)[C@H](OP1(=S)OC(c2ccccc2)(c2ccccc2)[C@@H]2OC(C)(C)O[C@H]2C(c2ccccc2)(c2ccccc2)O1)c1ccccc1.